The molecule has 0 N–H and O–H groups in total. The quantitative estimate of drug-likeness (QED) is 0.843. The Hall–Kier alpha value is -1.54. The largest absolute Gasteiger partial charge is 0.373 e. The Morgan fingerprint density at radius 2 is 1.88 bits per heavy atom. The van der Waals surface area contributed by atoms with Gasteiger partial charge < -0.3 is 9.64 Å². The van der Waals surface area contributed by atoms with Crippen LogP contribution in [0.5, 0.6) is 0 Å². The number of hydrogen-bond acceptors (Lipinski definition) is 4. The summed E-state index contributed by atoms with van der Waals surface area (Å²) < 4.78 is 32.0. The van der Waals surface area contributed by atoms with Crippen molar-refractivity contribution in [3.63, 3.8) is 0 Å². The van der Waals surface area contributed by atoms with Gasteiger partial charge in [-0.3, -0.25) is 9.69 Å². The van der Waals surface area contributed by atoms with Crippen LogP contribution in [0.25, 0.3) is 0 Å². The van der Waals surface area contributed by atoms with Crippen molar-refractivity contribution in [3.8, 4) is 0 Å². The van der Waals surface area contributed by atoms with Crippen LogP contribution in [0.2, 0.25) is 0 Å². The molecule has 1 amide bonds. The maximum absolute atomic E-state index is 12.9. The van der Waals surface area contributed by atoms with Gasteiger partial charge in [-0.2, -0.15) is 18.6 Å². The van der Waals surface area contributed by atoms with Gasteiger partial charge in [0.15, 0.2) is 0 Å². The number of alkyl halides is 2. The summed E-state index contributed by atoms with van der Waals surface area (Å²) in [6, 6.07) is 1.77. The topological polar surface area (TPSA) is 50.6 Å². The SMILES string of the molecule is CC1CN(C2CCN(C(=O)c3ccnn3C(F)F)CC2)CC(C)O1. The first-order valence-corrected chi connectivity index (χ1v) is 8.46. The van der Waals surface area contributed by atoms with E-state index >= 15 is 0 Å². The minimum absolute atomic E-state index is 0.0444. The van der Waals surface area contributed by atoms with Crippen molar-refractivity contribution in [2.45, 2.75) is 51.5 Å². The van der Waals surface area contributed by atoms with Gasteiger partial charge in [0.2, 0.25) is 0 Å². The van der Waals surface area contributed by atoms with Gasteiger partial charge in [0, 0.05) is 38.4 Å². The lowest BCUT2D eigenvalue weighted by molar-refractivity contribution is -0.0856. The Labute approximate surface area is 140 Å². The molecular weight excluding hydrogens is 318 g/mol. The lowest BCUT2D eigenvalue weighted by Gasteiger charge is -2.43. The van der Waals surface area contributed by atoms with E-state index in [1.807, 2.05) is 0 Å². The first-order chi connectivity index (χ1) is 11.5. The Kier molecular flexibility index (Phi) is 5.15. The minimum atomic E-state index is -2.80. The molecule has 0 radical (unpaired) electrons. The predicted molar refractivity (Wildman–Crippen MR) is 84.0 cm³/mol. The molecule has 0 saturated carbocycles. The van der Waals surface area contributed by atoms with Crippen molar-refractivity contribution >= 4 is 5.91 Å². The molecule has 1 aromatic rings. The minimum Gasteiger partial charge on any atom is -0.373 e. The van der Waals surface area contributed by atoms with Crippen molar-refractivity contribution in [2.24, 2.45) is 0 Å². The lowest BCUT2D eigenvalue weighted by Crippen LogP contribution is -2.53. The molecule has 2 saturated heterocycles. The summed E-state index contributed by atoms with van der Waals surface area (Å²) in [4.78, 5) is 16.6. The second kappa shape index (κ2) is 7.14. The van der Waals surface area contributed by atoms with Crippen molar-refractivity contribution in [1.29, 1.82) is 0 Å². The van der Waals surface area contributed by atoms with E-state index in [4.69, 9.17) is 4.74 Å². The van der Waals surface area contributed by atoms with Crippen molar-refractivity contribution in [2.75, 3.05) is 26.2 Å². The van der Waals surface area contributed by atoms with Gasteiger partial charge in [-0.05, 0) is 32.8 Å². The number of carbonyl (C=O) groups excluding carboxylic acids is 1. The van der Waals surface area contributed by atoms with Crippen LogP contribution in [0.3, 0.4) is 0 Å². The summed E-state index contributed by atoms with van der Waals surface area (Å²) in [5.74, 6) is -0.366. The van der Waals surface area contributed by atoms with E-state index in [-0.39, 0.29) is 23.8 Å². The molecule has 3 rings (SSSR count). The molecule has 1 aromatic heterocycles. The van der Waals surface area contributed by atoms with E-state index in [2.05, 4.69) is 23.8 Å². The van der Waals surface area contributed by atoms with Crippen molar-refractivity contribution in [3.05, 3.63) is 18.0 Å². The van der Waals surface area contributed by atoms with Gasteiger partial charge >= 0.3 is 6.55 Å². The van der Waals surface area contributed by atoms with E-state index in [0.29, 0.717) is 23.8 Å². The number of morpholine rings is 1. The molecule has 0 bridgehead atoms. The smallest absolute Gasteiger partial charge is 0.333 e. The van der Waals surface area contributed by atoms with Crippen LogP contribution in [-0.2, 0) is 4.74 Å². The zero-order valence-corrected chi connectivity index (χ0v) is 14.1. The number of piperidine rings is 1. The fourth-order valence-corrected chi connectivity index (χ4v) is 3.75. The Balaban J connectivity index is 1.58. The standard InChI is InChI=1S/C16H24F2N4O2/c1-11-9-21(10-12(2)24-11)13-4-7-20(8-5-13)15(23)14-3-6-19-22(14)16(17)18/h3,6,11-13,16H,4-5,7-10H2,1-2H3. The highest BCUT2D eigenvalue weighted by molar-refractivity contribution is 5.92. The number of hydrogen-bond donors (Lipinski definition) is 0. The Bertz CT molecular complexity index is 562. The number of ether oxygens (including phenoxy) is 1. The zero-order chi connectivity index (χ0) is 17.3. The average Bonchev–Trinajstić information content (AvgIpc) is 3.03. The number of aromatic nitrogens is 2. The fourth-order valence-electron chi connectivity index (χ4n) is 3.75. The van der Waals surface area contributed by atoms with Gasteiger partial charge in [-0.25, -0.2) is 0 Å². The summed E-state index contributed by atoms with van der Waals surface area (Å²) in [7, 11) is 0. The third kappa shape index (κ3) is 3.59. The van der Waals surface area contributed by atoms with E-state index in [1.165, 1.54) is 12.3 Å². The van der Waals surface area contributed by atoms with E-state index in [1.54, 1.807) is 4.90 Å². The van der Waals surface area contributed by atoms with Gasteiger partial charge in [0.1, 0.15) is 5.69 Å². The number of likely N-dealkylation sites (tertiary alicyclic amines) is 1. The monoisotopic (exact) mass is 342 g/mol. The number of nitrogens with zero attached hydrogens (tertiary/aromatic N) is 4. The molecular formula is C16H24F2N4O2. The maximum Gasteiger partial charge on any atom is 0.333 e. The molecule has 134 valence electrons. The maximum atomic E-state index is 12.9. The Morgan fingerprint density at radius 1 is 1.25 bits per heavy atom. The number of halogens is 2. The van der Waals surface area contributed by atoms with Gasteiger partial charge in [-0.15, -0.1) is 0 Å². The van der Waals surface area contributed by atoms with E-state index in [9.17, 15) is 13.6 Å². The molecule has 2 aliphatic heterocycles. The van der Waals surface area contributed by atoms with Crippen LogP contribution >= 0.6 is 0 Å². The normalized spacial score (nSPS) is 27.0. The van der Waals surface area contributed by atoms with Crippen LogP contribution in [0, 0.1) is 0 Å². The van der Waals surface area contributed by atoms with Gasteiger partial charge in [-0.1, -0.05) is 0 Å². The van der Waals surface area contributed by atoms with Crippen LogP contribution in [0.1, 0.15) is 43.7 Å². The summed E-state index contributed by atoms with van der Waals surface area (Å²) in [5.41, 5.74) is -0.0444. The molecule has 24 heavy (non-hydrogen) atoms. The molecule has 2 aliphatic rings. The molecule has 2 atom stereocenters. The highest BCUT2D eigenvalue weighted by atomic mass is 19.3. The number of rotatable bonds is 3. The van der Waals surface area contributed by atoms with Crippen LogP contribution in [-0.4, -0.2) is 69.9 Å². The molecule has 2 unspecified atom stereocenters. The summed E-state index contributed by atoms with van der Waals surface area (Å²) >= 11 is 0. The van der Waals surface area contributed by atoms with E-state index in [0.717, 1.165) is 25.9 Å². The predicted octanol–water partition coefficient (Wildman–Crippen LogP) is 1.99. The Morgan fingerprint density at radius 3 is 2.46 bits per heavy atom. The molecule has 0 spiro atoms. The molecule has 8 heteroatoms. The molecule has 3 heterocycles. The fraction of sp³-hybridized carbons (Fsp3) is 0.750. The molecule has 0 aromatic carbocycles. The molecule has 0 aliphatic carbocycles. The summed E-state index contributed by atoms with van der Waals surface area (Å²) in [5, 5.41) is 3.53. The van der Waals surface area contributed by atoms with Crippen LogP contribution in [0.15, 0.2) is 12.3 Å². The van der Waals surface area contributed by atoms with Gasteiger partial charge in [0.25, 0.3) is 5.91 Å². The summed E-state index contributed by atoms with van der Waals surface area (Å²) in [6.07, 6.45) is 3.38. The summed E-state index contributed by atoms with van der Waals surface area (Å²) in [6.45, 7) is 4.32. The second-order valence-corrected chi connectivity index (χ2v) is 6.67. The van der Waals surface area contributed by atoms with Crippen molar-refractivity contribution in [1.82, 2.24) is 19.6 Å². The van der Waals surface area contributed by atoms with Crippen LogP contribution in [0.4, 0.5) is 8.78 Å². The molecule has 2 fully saturated rings. The van der Waals surface area contributed by atoms with Crippen molar-refractivity contribution < 1.29 is 18.3 Å². The number of amides is 1. The van der Waals surface area contributed by atoms with E-state index < -0.39 is 6.55 Å². The molecule has 6 nitrogen and oxygen atoms in total. The average molecular weight is 342 g/mol. The first-order valence-electron chi connectivity index (χ1n) is 8.46. The zero-order valence-electron chi connectivity index (χ0n) is 14.1. The second-order valence-electron chi connectivity index (χ2n) is 6.67. The lowest BCUT2D eigenvalue weighted by atomic mass is 10.0. The third-order valence-electron chi connectivity index (χ3n) is 4.79. The number of carbonyl (C=O) groups is 1. The highest BCUT2D eigenvalue weighted by Crippen LogP contribution is 2.23. The first kappa shape index (κ1) is 17.3. The van der Waals surface area contributed by atoms with Gasteiger partial charge in [0.05, 0.1) is 12.2 Å². The van der Waals surface area contributed by atoms with Crippen LogP contribution < -0.4 is 0 Å². The highest BCUT2D eigenvalue weighted by Gasteiger charge is 2.32. The third-order valence-corrected chi connectivity index (χ3v) is 4.79.